The lowest BCUT2D eigenvalue weighted by molar-refractivity contribution is 0.415. The predicted molar refractivity (Wildman–Crippen MR) is 76.4 cm³/mol. The first-order valence-corrected chi connectivity index (χ1v) is 6.99. The second-order valence-corrected chi connectivity index (χ2v) is 5.12. The molecule has 0 radical (unpaired) electrons. The molecular weight excluding hydrogens is 260 g/mol. The molecule has 1 aromatic carbocycles. The van der Waals surface area contributed by atoms with Gasteiger partial charge in [0.25, 0.3) is 0 Å². The fourth-order valence-electron chi connectivity index (χ4n) is 1.71. The standard InChI is InChI=1S/C13H16N4OS/c1-15-9(8-14)5-6-19-13-16-11-4-3-10(18-2)7-12(11)17-13/h3-4,7,9,15H,5-6H2,1-2H3,(H,16,17). The number of fused-ring (bicyclic) bond motifs is 1. The van der Waals surface area contributed by atoms with Gasteiger partial charge in [-0.3, -0.25) is 0 Å². The minimum absolute atomic E-state index is 0.100. The summed E-state index contributed by atoms with van der Waals surface area (Å²) in [7, 11) is 3.44. The third-order valence-electron chi connectivity index (χ3n) is 2.82. The van der Waals surface area contributed by atoms with E-state index in [2.05, 4.69) is 21.4 Å². The molecule has 0 bridgehead atoms. The minimum atomic E-state index is -0.100. The molecule has 2 aromatic rings. The van der Waals surface area contributed by atoms with E-state index < -0.39 is 0 Å². The van der Waals surface area contributed by atoms with Crippen molar-refractivity contribution in [2.45, 2.75) is 17.6 Å². The lowest BCUT2D eigenvalue weighted by Crippen LogP contribution is -2.23. The molecule has 0 fully saturated rings. The van der Waals surface area contributed by atoms with Gasteiger partial charge in [-0.05, 0) is 25.6 Å². The molecule has 0 spiro atoms. The highest BCUT2D eigenvalue weighted by Crippen LogP contribution is 2.23. The van der Waals surface area contributed by atoms with Crippen molar-refractivity contribution in [3.05, 3.63) is 18.2 Å². The zero-order valence-electron chi connectivity index (χ0n) is 10.9. The number of thioether (sulfide) groups is 1. The highest BCUT2D eigenvalue weighted by atomic mass is 32.2. The molecule has 19 heavy (non-hydrogen) atoms. The maximum atomic E-state index is 8.84. The van der Waals surface area contributed by atoms with Crippen molar-refractivity contribution in [1.82, 2.24) is 15.3 Å². The number of imidazole rings is 1. The van der Waals surface area contributed by atoms with Gasteiger partial charge in [-0.2, -0.15) is 5.26 Å². The van der Waals surface area contributed by atoms with Crippen LogP contribution in [0.3, 0.4) is 0 Å². The Balaban J connectivity index is 2.00. The summed E-state index contributed by atoms with van der Waals surface area (Å²) in [5, 5.41) is 12.7. The first kappa shape index (κ1) is 13.7. The van der Waals surface area contributed by atoms with E-state index in [4.69, 9.17) is 10.00 Å². The molecule has 1 aromatic heterocycles. The van der Waals surface area contributed by atoms with Crippen molar-refractivity contribution >= 4 is 22.8 Å². The number of hydrogen-bond acceptors (Lipinski definition) is 5. The smallest absolute Gasteiger partial charge is 0.166 e. The Labute approximate surface area is 116 Å². The number of H-pyrrole nitrogens is 1. The van der Waals surface area contributed by atoms with Crippen LogP contribution in [0.5, 0.6) is 5.75 Å². The Morgan fingerprint density at radius 3 is 3.11 bits per heavy atom. The van der Waals surface area contributed by atoms with Gasteiger partial charge in [0.15, 0.2) is 5.16 Å². The Kier molecular flexibility index (Phi) is 4.66. The van der Waals surface area contributed by atoms with Gasteiger partial charge in [-0.15, -0.1) is 0 Å². The molecule has 0 saturated carbocycles. The Bertz CT molecular complexity index is 590. The Hall–Kier alpha value is -1.71. The quantitative estimate of drug-likeness (QED) is 0.791. The van der Waals surface area contributed by atoms with E-state index in [1.807, 2.05) is 18.2 Å². The zero-order chi connectivity index (χ0) is 13.7. The summed E-state index contributed by atoms with van der Waals surface area (Å²) in [5.74, 6) is 1.66. The molecule has 0 saturated heterocycles. The number of aromatic nitrogens is 2. The number of nitriles is 1. The van der Waals surface area contributed by atoms with Gasteiger partial charge in [-0.25, -0.2) is 4.98 Å². The number of aromatic amines is 1. The molecule has 1 heterocycles. The van der Waals surface area contributed by atoms with Crippen LogP contribution in [0, 0.1) is 11.3 Å². The zero-order valence-corrected chi connectivity index (χ0v) is 11.8. The second kappa shape index (κ2) is 6.45. The average molecular weight is 276 g/mol. The van der Waals surface area contributed by atoms with Crippen molar-refractivity contribution in [2.24, 2.45) is 0 Å². The summed E-state index contributed by atoms with van der Waals surface area (Å²) in [4.78, 5) is 7.73. The molecule has 1 unspecified atom stereocenters. The van der Waals surface area contributed by atoms with Crippen LogP contribution in [0.1, 0.15) is 6.42 Å². The summed E-state index contributed by atoms with van der Waals surface area (Å²) >= 11 is 1.62. The number of benzene rings is 1. The number of methoxy groups -OCH3 is 1. The van der Waals surface area contributed by atoms with Crippen molar-refractivity contribution in [1.29, 1.82) is 5.26 Å². The van der Waals surface area contributed by atoms with Crippen LogP contribution in [0.25, 0.3) is 11.0 Å². The van der Waals surface area contributed by atoms with Gasteiger partial charge >= 0.3 is 0 Å². The van der Waals surface area contributed by atoms with Crippen LogP contribution in [0.15, 0.2) is 23.4 Å². The topological polar surface area (TPSA) is 73.7 Å². The fraction of sp³-hybridized carbons (Fsp3) is 0.385. The molecule has 2 N–H and O–H groups in total. The van der Waals surface area contributed by atoms with Crippen LogP contribution in [0.4, 0.5) is 0 Å². The molecule has 0 aliphatic carbocycles. The van der Waals surface area contributed by atoms with Crippen LogP contribution < -0.4 is 10.1 Å². The van der Waals surface area contributed by atoms with Gasteiger partial charge in [-0.1, -0.05) is 11.8 Å². The van der Waals surface area contributed by atoms with E-state index in [0.29, 0.717) is 0 Å². The average Bonchev–Trinajstić information content (AvgIpc) is 2.85. The molecule has 6 heteroatoms. The summed E-state index contributed by atoms with van der Waals surface area (Å²) in [6.45, 7) is 0. The molecule has 2 rings (SSSR count). The predicted octanol–water partition coefficient (Wildman–Crippen LogP) is 2.17. The number of nitrogens with one attached hydrogen (secondary N) is 2. The first-order chi connectivity index (χ1) is 9.26. The Morgan fingerprint density at radius 2 is 2.42 bits per heavy atom. The molecule has 0 aliphatic heterocycles. The third-order valence-corrected chi connectivity index (χ3v) is 3.72. The molecule has 0 amide bonds. The monoisotopic (exact) mass is 276 g/mol. The van der Waals surface area contributed by atoms with Crippen LogP contribution in [-0.4, -0.2) is 35.9 Å². The van der Waals surface area contributed by atoms with Crippen molar-refractivity contribution in [3.63, 3.8) is 0 Å². The SMILES string of the molecule is CNC(C#N)CCSc1nc2ccc(OC)cc2[nH]1. The van der Waals surface area contributed by atoms with E-state index >= 15 is 0 Å². The molecule has 1 atom stereocenters. The van der Waals surface area contributed by atoms with Gasteiger partial charge in [0, 0.05) is 11.8 Å². The summed E-state index contributed by atoms with van der Waals surface area (Å²) in [5.41, 5.74) is 1.89. The number of nitrogens with zero attached hydrogens (tertiary/aromatic N) is 2. The third kappa shape index (κ3) is 3.40. The molecular formula is C13H16N4OS. The lowest BCUT2D eigenvalue weighted by Gasteiger charge is -2.04. The van der Waals surface area contributed by atoms with E-state index in [0.717, 1.165) is 34.1 Å². The summed E-state index contributed by atoms with van der Waals surface area (Å²) in [6, 6.07) is 7.86. The van der Waals surface area contributed by atoms with Crippen molar-refractivity contribution in [2.75, 3.05) is 19.9 Å². The fourth-order valence-corrected chi connectivity index (χ4v) is 2.60. The van der Waals surface area contributed by atoms with Crippen LogP contribution in [0.2, 0.25) is 0 Å². The molecule has 0 aliphatic rings. The largest absolute Gasteiger partial charge is 0.497 e. The normalized spacial score (nSPS) is 12.3. The molecule has 100 valence electrons. The summed E-state index contributed by atoms with van der Waals surface area (Å²) in [6.07, 6.45) is 0.790. The van der Waals surface area contributed by atoms with Crippen LogP contribution >= 0.6 is 11.8 Å². The van der Waals surface area contributed by atoms with Gasteiger partial charge < -0.3 is 15.0 Å². The van der Waals surface area contributed by atoms with E-state index in [-0.39, 0.29) is 6.04 Å². The minimum Gasteiger partial charge on any atom is -0.497 e. The van der Waals surface area contributed by atoms with Crippen molar-refractivity contribution in [3.8, 4) is 11.8 Å². The highest BCUT2D eigenvalue weighted by molar-refractivity contribution is 7.99. The van der Waals surface area contributed by atoms with E-state index in [1.54, 1.807) is 25.9 Å². The Morgan fingerprint density at radius 1 is 1.58 bits per heavy atom. The lowest BCUT2D eigenvalue weighted by atomic mass is 10.3. The maximum absolute atomic E-state index is 8.84. The highest BCUT2D eigenvalue weighted by Gasteiger charge is 2.07. The first-order valence-electron chi connectivity index (χ1n) is 6.00. The van der Waals surface area contributed by atoms with Gasteiger partial charge in [0.1, 0.15) is 5.75 Å². The van der Waals surface area contributed by atoms with E-state index in [9.17, 15) is 0 Å². The van der Waals surface area contributed by atoms with E-state index in [1.165, 1.54) is 0 Å². The second-order valence-electron chi connectivity index (χ2n) is 4.03. The number of ether oxygens (including phenoxy) is 1. The maximum Gasteiger partial charge on any atom is 0.166 e. The van der Waals surface area contributed by atoms with Gasteiger partial charge in [0.05, 0.1) is 30.3 Å². The molecule has 5 nitrogen and oxygen atoms in total. The van der Waals surface area contributed by atoms with Crippen LogP contribution in [-0.2, 0) is 0 Å². The van der Waals surface area contributed by atoms with Gasteiger partial charge in [0.2, 0.25) is 0 Å². The van der Waals surface area contributed by atoms with Crippen molar-refractivity contribution < 1.29 is 4.74 Å². The number of rotatable bonds is 6. The summed E-state index contributed by atoms with van der Waals surface area (Å²) < 4.78 is 5.17. The number of hydrogen-bond donors (Lipinski definition) is 2.